The minimum Gasteiger partial charge on any atom is -0.387 e. The number of imidazole rings is 3. The van der Waals surface area contributed by atoms with Gasteiger partial charge in [0.2, 0.25) is 17.8 Å². The number of phosphoric ester groups is 3. The van der Waals surface area contributed by atoms with Crippen LogP contribution in [-0.2, 0) is 68.1 Å². The predicted octanol–water partition coefficient (Wildman–Crippen LogP) is -2.39. The summed E-state index contributed by atoms with van der Waals surface area (Å²) in [6.45, 7) is 0.274. The zero-order chi connectivity index (χ0) is 65.3. The van der Waals surface area contributed by atoms with Crippen molar-refractivity contribution < 1.29 is 141 Å². The Bertz CT molecular complexity index is 3850. The number of hydrogen-bond acceptors (Lipinski definition) is 33. The van der Waals surface area contributed by atoms with Gasteiger partial charge in [-0.3, -0.25) is 27.3 Å². The van der Waals surface area contributed by atoms with Crippen molar-refractivity contribution in [1.29, 1.82) is 0 Å². The molecule has 87 heavy (non-hydrogen) atoms. The van der Waals surface area contributed by atoms with E-state index in [1.807, 2.05) is 0 Å². The van der Waals surface area contributed by atoms with Gasteiger partial charge in [-0.1, -0.05) is 0 Å². The molecule has 0 amide bonds. The van der Waals surface area contributed by atoms with E-state index < -0.39 is 139 Å². The summed E-state index contributed by atoms with van der Waals surface area (Å²) in [4.78, 5) is 114. The lowest BCUT2D eigenvalue weighted by atomic mass is 9.98. The normalized spacial score (nSPS) is 29.9. The molecule has 0 spiro atoms. The van der Waals surface area contributed by atoms with Crippen molar-refractivity contribution in [2.75, 3.05) is 54.2 Å². The van der Waals surface area contributed by atoms with Crippen LogP contribution in [0.3, 0.4) is 0 Å². The molecule has 0 radical (unpaired) electrons. The highest BCUT2D eigenvalue weighted by molar-refractivity contribution is 7.66. The topological polar surface area (TPSA) is 715 Å². The summed E-state index contributed by atoms with van der Waals surface area (Å²) >= 11 is 0. The number of rotatable bonds is 18. The third-order valence-corrected chi connectivity index (χ3v) is 18.6. The average molecular weight is 1370 g/mol. The zero-order valence-electron chi connectivity index (χ0n) is 43.7. The molecule has 6 aromatic heterocycles. The largest absolute Gasteiger partial charge is 0.490 e. The summed E-state index contributed by atoms with van der Waals surface area (Å²) in [5, 5.41) is 30.7. The third-order valence-electron chi connectivity index (χ3n) is 12.1. The third kappa shape index (κ3) is 15.9. The average Bonchev–Trinajstić information content (AvgIpc) is 1.76. The maximum Gasteiger partial charge on any atom is 0.490 e. The smallest absolute Gasteiger partial charge is 0.387 e. The first-order valence-corrected chi connectivity index (χ1v) is 32.3. The summed E-state index contributed by atoms with van der Waals surface area (Å²) < 4.78 is 156. The number of alkyl halides is 3. The van der Waals surface area contributed by atoms with Gasteiger partial charge in [-0.15, -0.1) is 0 Å². The van der Waals surface area contributed by atoms with E-state index in [-0.39, 0.29) is 68.8 Å². The Kier molecular flexibility index (Phi) is 19.5. The van der Waals surface area contributed by atoms with E-state index in [2.05, 4.69) is 71.4 Å². The molecule has 0 aliphatic carbocycles. The van der Waals surface area contributed by atoms with Crippen LogP contribution in [-0.4, -0.2) is 191 Å². The van der Waals surface area contributed by atoms with Gasteiger partial charge in [-0.25, -0.2) is 55.5 Å². The van der Waals surface area contributed by atoms with Crippen LogP contribution in [0.5, 0.6) is 0 Å². The van der Waals surface area contributed by atoms with Gasteiger partial charge < -0.3 is 108 Å². The minimum absolute atomic E-state index is 0.00954. The molecule has 9 heterocycles. The molecule has 3 aliphatic heterocycles. The van der Waals surface area contributed by atoms with E-state index in [0.29, 0.717) is 0 Å². The van der Waals surface area contributed by atoms with Gasteiger partial charge in [0, 0.05) is 0 Å². The van der Waals surface area contributed by atoms with Crippen LogP contribution in [0, 0.1) is 0 Å². The number of nitrogens with zero attached hydrogens (tertiary/aromatic N) is 12. The molecule has 9 rings (SSSR count). The second-order valence-corrected chi connectivity index (χ2v) is 27.2. The summed E-state index contributed by atoms with van der Waals surface area (Å²) in [6, 6.07) is 0. The molecule has 0 saturated carbocycles. The van der Waals surface area contributed by atoms with Crippen molar-refractivity contribution in [2.45, 2.75) is 93.1 Å². The number of hydrogen-bond donors (Lipinski definition) is 18. The first-order valence-electron chi connectivity index (χ1n) is 23.2. The lowest BCUT2D eigenvalue weighted by Gasteiger charge is -2.24. The molecule has 6 aromatic rings. The lowest BCUT2D eigenvalue weighted by Crippen LogP contribution is -2.40. The van der Waals surface area contributed by atoms with Crippen molar-refractivity contribution in [3.05, 3.63) is 19.0 Å². The Labute approximate surface area is 480 Å². The Morgan fingerprint density at radius 2 is 0.713 bits per heavy atom. The van der Waals surface area contributed by atoms with Crippen LogP contribution >= 0.6 is 46.9 Å². The number of fused-ring (bicyclic) bond motifs is 3. The van der Waals surface area contributed by atoms with Crippen molar-refractivity contribution in [3.63, 3.8) is 0 Å². The number of nitrogens with two attached hydrogens (primary N) is 6. The van der Waals surface area contributed by atoms with E-state index in [0.717, 1.165) is 42.6 Å². The fraction of sp³-hybridized carbons (Fsp3) is 0.545. The van der Waals surface area contributed by atoms with Crippen molar-refractivity contribution in [2.24, 2.45) is 0 Å². The molecule has 3 aliphatic rings. The number of ether oxygens (including phenoxy) is 3. The number of phosphoric acid groups is 6. The molecule has 6 unspecified atom stereocenters. The van der Waals surface area contributed by atoms with Crippen molar-refractivity contribution >= 4 is 116 Å². The fourth-order valence-electron chi connectivity index (χ4n) is 8.40. The number of anilines is 6. The van der Waals surface area contributed by atoms with Crippen LogP contribution in [0.2, 0.25) is 0 Å². The van der Waals surface area contributed by atoms with E-state index >= 15 is 13.2 Å². The molecule has 3 fully saturated rings. The Morgan fingerprint density at radius 3 is 0.989 bits per heavy atom. The molecule has 0 aromatic carbocycles. The second-order valence-electron chi connectivity index (χ2n) is 18.8. The maximum absolute atomic E-state index is 15.3. The highest BCUT2D eigenvalue weighted by Crippen LogP contribution is 2.66. The van der Waals surface area contributed by atoms with Crippen LogP contribution in [0.4, 0.5) is 48.5 Å². The molecular weight excluding hydrogens is 1320 g/mol. The second kappa shape index (κ2) is 24.5. The van der Waals surface area contributed by atoms with E-state index in [4.69, 9.17) is 82.9 Å². The zero-order valence-corrected chi connectivity index (χ0v) is 49.1. The molecule has 54 heteroatoms. The van der Waals surface area contributed by atoms with E-state index in [1.54, 1.807) is 0 Å². The van der Waals surface area contributed by atoms with Crippen LogP contribution in [0.1, 0.15) is 39.5 Å². The summed E-state index contributed by atoms with van der Waals surface area (Å²) in [7, 11) is -32.2. The van der Waals surface area contributed by atoms with Crippen LogP contribution < -0.4 is 34.4 Å². The first-order chi connectivity index (χ1) is 39.6. The minimum atomic E-state index is -5.76. The van der Waals surface area contributed by atoms with Gasteiger partial charge in [-0.2, -0.15) is 42.8 Å². The summed E-state index contributed by atoms with van der Waals surface area (Å²) in [6.07, 6.45) is -11.3. The first kappa shape index (κ1) is 69.3. The van der Waals surface area contributed by atoms with Crippen LogP contribution in [0.25, 0.3) is 33.5 Å². The van der Waals surface area contributed by atoms with Gasteiger partial charge in [0.25, 0.3) is 0 Å². The molecule has 15 atom stereocenters. The summed E-state index contributed by atoms with van der Waals surface area (Å²) in [5.41, 5.74) is 26.7. The standard InChI is InChI=1S/C11H18FN6O12P3.C11H17FN6O9P2.C11H16FN6O6P/c1-11(12)6(19)4(2-27-32(23,24)30-33(25,26)29-31(20,21)22)28-9(11)18-3-15-5-7(13)16-10(14)17-8(5)18;1-11(12)6(19)4(2-25-29(23,24)27-28(20,21)22)26-9(11)18-3-15-5-7(13)16-10(14)17-8(5)18;1-11(12)6(19)4(2-23-25(20,21)22)24-9(11)18-3-15-5-7(13)16-10(14)17-8(5)18/h3-4,6,9,19H,2H2,1H3,(H,23,24)(H,25,26)(H2,20,21,22)(H4,13,14,16,17);3-4,6,9,19H,2H2,1H3,(H,23,24)(H2,20,21,22)(H4,13,14,16,17);3-4,6,9,19H,2H2,1H3,(H2,20,21,22)(H4,13,14,16,17)/t3*4-,6+,9-,11?/m111/s1. The van der Waals surface area contributed by atoms with Crippen LogP contribution in [0.15, 0.2) is 19.0 Å². The quantitative estimate of drug-likeness (QED) is 0.0399. The van der Waals surface area contributed by atoms with Gasteiger partial charge in [-0.05, 0) is 20.8 Å². The van der Waals surface area contributed by atoms with Gasteiger partial charge in [0.15, 0.2) is 70.1 Å². The fourth-order valence-corrected chi connectivity index (χ4v) is 13.4. The van der Waals surface area contributed by atoms with E-state index in [9.17, 15) is 52.5 Å². The highest BCUT2D eigenvalue weighted by atomic mass is 31.3. The van der Waals surface area contributed by atoms with Crippen molar-refractivity contribution in [3.8, 4) is 0 Å². The number of aromatic nitrogens is 12. The maximum atomic E-state index is 15.3. The number of nitrogen functional groups attached to an aromatic ring is 6. The SMILES string of the molecule is CC1(F)[C@@H](O)[C@@H](COP(=O)(O)O)O[C@H]1n1cnc2c(N)nc(N)nc21.CC1(F)[C@@H](O)[C@@H](COP(=O)(O)OP(=O)(O)O)O[C@H]1n1cnc2c(N)nc(N)nc21.CC1(F)[C@@H](O)[C@@H](COP(=O)(O)OP(=O)(O)OP(=O)(O)O)O[C@H]1n1cnc2c(N)nc(N)nc21. The summed E-state index contributed by atoms with van der Waals surface area (Å²) in [5.74, 6) is -0.828. The Morgan fingerprint density at radius 1 is 0.448 bits per heavy atom. The predicted molar refractivity (Wildman–Crippen MR) is 277 cm³/mol. The Hall–Kier alpha value is -5.22. The molecule has 3 saturated heterocycles. The molecule has 486 valence electrons. The highest BCUT2D eigenvalue weighted by Gasteiger charge is 2.59. The lowest BCUT2D eigenvalue weighted by molar-refractivity contribution is -0.0560. The van der Waals surface area contributed by atoms with Gasteiger partial charge in [0.05, 0.1) is 38.8 Å². The number of halogens is 3. The molecule has 24 N–H and O–H groups in total. The van der Waals surface area contributed by atoms with Crippen molar-refractivity contribution in [1.82, 2.24) is 58.6 Å². The number of aliphatic hydroxyl groups excluding tert-OH is 3. The molecule has 0 bridgehead atoms. The van der Waals surface area contributed by atoms with E-state index in [1.165, 1.54) is 10.9 Å². The monoisotopic (exact) mass is 1370 g/mol. The Balaban J connectivity index is 0.000000188. The molecular formula is C33H51F3N18O27P6. The van der Waals surface area contributed by atoms with Gasteiger partial charge >= 0.3 is 46.9 Å². The number of aliphatic hydroxyl groups is 3. The van der Waals surface area contributed by atoms with Gasteiger partial charge in [0.1, 0.15) is 53.2 Å². The molecule has 45 nitrogen and oxygen atoms in total.